The van der Waals surface area contributed by atoms with Gasteiger partial charge in [-0.15, -0.1) is 0 Å². The van der Waals surface area contributed by atoms with Gasteiger partial charge >= 0.3 is 0 Å². The van der Waals surface area contributed by atoms with E-state index in [4.69, 9.17) is 0 Å². The van der Waals surface area contributed by atoms with Crippen molar-refractivity contribution in [1.82, 2.24) is 4.90 Å². The highest BCUT2D eigenvalue weighted by atomic mass is 19.1. The molecule has 0 saturated heterocycles. The van der Waals surface area contributed by atoms with Gasteiger partial charge in [0.1, 0.15) is 5.82 Å². The normalized spacial score (nSPS) is 15.0. The minimum absolute atomic E-state index is 0.183. The summed E-state index contributed by atoms with van der Waals surface area (Å²) in [7, 11) is 0. The number of halogens is 1. The molecule has 1 aliphatic rings. The topological polar surface area (TPSA) is 23.5 Å². The monoisotopic (exact) mass is 355 g/mol. The number of benzene rings is 2. The molecule has 0 amide bonds. The summed E-state index contributed by atoms with van der Waals surface area (Å²) in [4.78, 5) is 2.20. The van der Waals surface area contributed by atoms with Crippen LogP contribution in [0.3, 0.4) is 0 Å². The van der Waals surface area contributed by atoms with Gasteiger partial charge in [0.2, 0.25) is 0 Å². The molecule has 0 bridgehead atoms. The van der Waals surface area contributed by atoms with Crippen LogP contribution in [0.1, 0.15) is 44.1 Å². The lowest BCUT2D eigenvalue weighted by Gasteiger charge is -2.23. The average Bonchev–Trinajstić information content (AvgIpc) is 3.18. The van der Waals surface area contributed by atoms with E-state index >= 15 is 0 Å². The molecule has 26 heavy (non-hydrogen) atoms. The smallest absolute Gasteiger partial charge is 0.123 e. The van der Waals surface area contributed by atoms with Gasteiger partial charge in [-0.1, -0.05) is 49.2 Å². The molecule has 140 valence electrons. The summed E-state index contributed by atoms with van der Waals surface area (Å²) in [5.74, 6) is 0.594. The highest BCUT2D eigenvalue weighted by Gasteiger charge is 2.17. The number of hydrogen-bond donors (Lipinski definition) is 1. The van der Waals surface area contributed by atoms with Gasteiger partial charge in [0, 0.05) is 13.1 Å². The van der Waals surface area contributed by atoms with Crippen LogP contribution in [0.2, 0.25) is 0 Å². The molecule has 0 radical (unpaired) electrons. The van der Waals surface area contributed by atoms with E-state index in [0.29, 0.717) is 0 Å². The Morgan fingerprint density at radius 3 is 2.12 bits per heavy atom. The fourth-order valence-corrected chi connectivity index (χ4v) is 3.95. The number of aliphatic hydroxyl groups is 1. The molecule has 0 aliphatic heterocycles. The van der Waals surface area contributed by atoms with E-state index in [1.165, 1.54) is 43.4 Å². The Hall–Kier alpha value is -1.71. The summed E-state index contributed by atoms with van der Waals surface area (Å²) in [5.41, 5.74) is 3.50. The second-order valence-electron chi connectivity index (χ2n) is 7.53. The summed E-state index contributed by atoms with van der Waals surface area (Å²) >= 11 is 0. The molecule has 1 aliphatic carbocycles. The molecule has 3 heteroatoms. The van der Waals surface area contributed by atoms with Gasteiger partial charge < -0.3 is 5.11 Å². The van der Waals surface area contributed by atoms with Crippen molar-refractivity contribution in [1.29, 1.82) is 0 Å². The predicted molar refractivity (Wildman–Crippen MR) is 105 cm³/mol. The van der Waals surface area contributed by atoms with E-state index in [1.807, 2.05) is 12.1 Å². The molecule has 2 nitrogen and oxygen atoms in total. The van der Waals surface area contributed by atoms with Crippen LogP contribution in [0.5, 0.6) is 0 Å². The van der Waals surface area contributed by atoms with Crippen molar-refractivity contribution in [3.63, 3.8) is 0 Å². The zero-order chi connectivity index (χ0) is 18.2. The van der Waals surface area contributed by atoms with Crippen LogP contribution in [0, 0.1) is 11.7 Å². The van der Waals surface area contributed by atoms with Crippen LogP contribution >= 0.6 is 0 Å². The Labute approximate surface area is 156 Å². The summed E-state index contributed by atoms with van der Waals surface area (Å²) in [6.45, 7) is 2.23. The zero-order valence-corrected chi connectivity index (χ0v) is 15.5. The molecule has 1 saturated carbocycles. The van der Waals surface area contributed by atoms with Crippen molar-refractivity contribution in [2.45, 2.75) is 44.9 Å². The quantitative estimate of drug-likeness (QED) is 0.490. The molecule has 2 aromatic rings. The molecule has 1 N–H and O–H groups in total. The lowest BCUT2D eigenvalue weighted by Crippen LogP contribution is -2.30. The fraction of sp³-hybridized carbons (Fsp3) is 0.478. The van der Waals surface area contributed by atoms with Crippen LogP contribution in [-0.2, 0) is 6.42 Å². The van der Waals surface area contributed by atoms with Crippen molar-refractivity contribution in [2.24, 2.45) is 5.92 Å². The number of aliphatic hydroxyl groups excluding tert-OH is 1. The minimum atomic E-state index is -0.199. The van der Waals surface area contributed by atoms with Crippen molar-refractivity contribution in [3.8, 4) is 11.1 Å². The van der Waals surface area contributed by atoms with Crippen molar-refractivity contribution >= 4 is 0 Å². The predicted octanol–water partition coefficient (Wildman–Crippen LogP) is 5.26. The highest BCUT2D eigenvalue weighted by molar-refractivity contribution is 5.63. The Bertz CT molecular complexity index is 647. The highest BCUT2D eigenvalue weighted by Crippen LogP contribution is 2.25. The molecule has 0 unspecified atom stereocenters. The first-order valence-electron chi connectivity index (χ1n) is 9.92. The average molecular weight is 355 g/mol. The van der Waals surface area contributed by atoms with Gasteiger partial charge in [-0.25, -0.2) is 4.39 Å². The number of rotatable bonds is 9. The van der Waals surface area contributed by atoms with Crippen molar-refractivity contribution in [3.05, 3.63) is 59.9 Å². The van der Waals surface area contributed by atoms with E-state index in [-0.39, 0.29) is 12.5 Å². The van der Waals surface area contributed by atoms with Gasteiger partial charge in [0.25, 0.3) is 0 Å². The first kappa shape index (κ1) is 19.1. The maximum absolute atomic E-state index is 13.0. The van der Waals surface area contributed by atoms with Crippen LogP contribution < -0.4 is 0 Å². The zero-order valence-electron chi connectivity index (χ0n) is 15.5. The van der Waals surface area contributed by atoms with Gasteiger partial charge in [-0.2, -0.15) is 0 Å². The largest absolute Gasteiger partial charge is 0.381 e. The van der Waals surface area contributed by atoms with Crippen molar-refractivity contribution < 1.29 is 9.50 Å². The lowest BCUT2D eigenvalue weighted by molar-refractivity contribution is 0.0904. The molecule has 0 heterocycles. The van der Waals surface area contributed by atoms with Gasteiger partial charge in [0.15, 0.2) is 0 Å². The number of unbranched alkanes of at least 4 members (excludes halogenated alkanes) is 1. The Balaban J connectivity index is 1.41. The molecular weight excluding hydrogens is 325 g/mol. The van der Waals surface area contributed by atoms with E-state index in [9.17, 15) is 9.50 Å². The van der Waals surface area contributed by atoms with Gasteiger partial charge in [-0.05, 0) is 66.8 Å². The summed E-state index contributed by atoms with van der Waals surface area (Å²) < 4.78 is 13.0. The lowest BCUT2D eigenvalue weighted by atomic mass is 10.0. The fourth-order valence-electron chi connectivity index (χ4n) is 3.95. The molecule has 2 aromatic carbocycles. The maximum Gasteiger partial charge on any atom is 0.123 e. The Morgan fingerprint density at radius 1 is 0.885 bits per heavy atom. The summed E-state index contributed by atoms with van der Waals surface area (Å²) in [6, 6.07) is 15.2. The van der Waals surface area contributed by atoms with E-state index in [0.717, 1.165) is 49.4 Å². The van der Waals surface area contributed by atoms with Crippen molar-refractivity contribution in [2.75, 3.05) is 19.8 Å². The van der Waals surface area contributed by atoms with E-state index in [2.05, 4.69) is 29.2 Å². The minimum Gasteiger partial charge on any atom is -0.381 e. The first-order chi connectivity index (χ1) is 12.7. The summed E-state index contributed by atoms with van der Waals surface area (Å²) in [6.07, 6.45) is 8.69. The number of nitrogens with zero attached hydrogens (tertiary/aromatic N) is 1. The molecule has 3 rings (SSSR count). The van der Waals surface area contributed by atoms with E-state index in [1.54, 1.807) is 0 Å². The molecular formula is C23H30FNO. The second-order valence-corrected chi connectivity index (χ2v) is 7.53. The molecule has 0 atom stereocenters. The Kier molecular flexibility index (Phi) is 7.22. The third kappa shape index (κ3) is 5.65. The third-order valence-electron chi connectivity index (χ3n) is 5.51. The molecule has 0 aromatic heterocycles. The Morgan fingerprint density at radius 2 is 1.50 bits per heavy atom. The third-order valence-corrected chi connectivity index (χ3v) is 5.51. The SMILES string of the molecule is OCN(CCCCc1ccc(-c2ccc(F)cc2)cc1)CC1CCCC1. The van der Waals surface area contributed by atoms with Crippen LogP contribution in [0.25, 0.3) is 11.1 Å². The maximum atomic E-state index is 13.0. The van der Waals surface area contributed by atoms with E-state index < -0.39 is 0 Å². The van der Waals surface area contributed by atoms with Crippen LogP contribution in [0.4, 0.5) is 4.39 Å². The second kappa shape index (κ2) is 9.84. The summed E-state index contributed by atoms with van der Waals surface area (Å²) in [5, 5.41) is 9.56. The van der Waals surface area contributed by atoms with Gasteiger partial charge in [-0.3, -0.25) is 4.90 Å². The molecule has 0 spiro atoms. The molecule has 1 fully saturated rings. The first-order valence-corrected chi connectivity index (χ1v) is 9.92. The van der Waals surface area contributed by atoms with Crippen LogP contribution in [-0.4, -0.2) is 29.8 Å². The standard InChI is InChI=1S/C23H30FNO/c24-23-14-12-22(13-15-23)21-10-8-19(9-11-21)5-3-4-16-25(18-26)17-20-6-1-2-7-20/h8-15,20,26H,1-7,16-18H2. The van der Waals surface area contributed by atoms with Crippen LogP contribution in [0.15, 0.2) is 48.5 Å². The number of hydrogen-bond acceptors (Lipinski definition) is 2. The van der Waals surface area contributed by atoms with Gasteiger partial charge in [0.05, 0.1) is 6.73 Å². The number of aryl methyl sites for hydroxylation is 1.